The summed E-state index contributed by atoms with van der Waals surface area (Å²) in [5, 5.41) is 24.1. The number of benzene rings is 1. The van der Waals surface area contributed by atoms with E-state index < -0.39 is 0 Å². The minimum Gasteiger partial charge on any atom is -0.507 e. The Bertz CT molecular complexity index is 1370. The van der Waals surface area contributed by atoms with Gasteiger partial charge in [0.25, 0.3) is 5.56 Å². The van der Waals surface area contributed by atoms with Crippen LogP contribution in [0.15, 0.2) is 52.3 Å². The standard InChI is InChI=1S/C28H33N5O2S/c1-27-8-9-28(2,31-27)17-20(16-27)33-10-4-12-36-24-15-22(29-30-26(24)33)21-6-5-18(13-23(21)34)19-7-11-32(3)25(35)14-19/h5-7,11,13-15,20,31,34H,4,8-10,12,16-17H2,1-3H3/t20-,27-,28+. The van der Waals surface area contributed by atoms with E-state index in [1.165, 1.54) is 17.4 Å². The molecule has 3 atom stereocenters. The van der Waals surface area contributed by atoms with Crippen LogP contribution in [0.1, 0.15) is 46.0 Å². The number of phenolic OH excluding ortho intramolecular Hbond substituents is 1. The van der Waals surface area contributed by atoms with Gasteiger partial charge < -0.3 is 19.9 Å². The fourth-order valence-electron chi connectivity index (χ4n) is 6.38. The molecule has 2 saturated heterocycles. The number of aryl methyl sites for hydroxylation is 1. The largest absolute Gasteiger partial charge is 0.507 e. The van der Waals surface area contributed by atoms with Gasteiger partial charge in [-0.3, -0.25) is 4.79 Å². The molecule has 0 spiro atoms. The van der Waals surface area contributed by atoms with Gasteiger partial charge in [0.15, 0.2) is 5.82 Å². The summed E-state index contributed by atoms with van der Waals surface area (Å²) >= 11 is 1.83. The summed E-state index contributed by atoms with van der Waals surface area (Å²) in [7, 11) is 1.72. The fraction of sp³-hybridized carbons (Fsp3) is 0.464. The lowest BCUT2D eigenvalue weighted by molar-refractivity contribution is 0.204. The molecule has 8 heteroatoms. The van der Waals surface area contributed by atoms with E-state index in [0.29, 0.717) is 17.3 Å². The Morgan fingerprint density at radius 2 is 1.81 bits per heavy atom. The van der Waals surface area contributed by atoms with Crippen LogP contribution in [0.4, 0.5) is 5.82 Å². The van der Waals surface area contributed by atoms with Crippen LogP contribution in [-0.2, 0) is 7.05 Å². The summed E-state index contributed by atoms with van der Waals surface area (Å²) in [5.41, 5.74) is 3.19. The second-order valence-corrected chi connectivity index (χ2v) is 12.4. The Kier molecular flexibility index (Phi) is 5.64. The number of pyridine rings is 1. The lowest BCUT2D eigenvalue weighted by atomic mass is 9.84. The number of phenols is 1. The summed E-state index contributed by atoms with van der Waals surface area (Å²) in [6.45, 7) is 5.74. The van der Waals surface area contributed by atoms with Crippen LogP contribution >= 0.6 is 11.8 Å². The second kappa shape index (κ2) is 8.63. The van der Waals surface area contributed by atoms with Gasteiger partial charge >= 0.3 is 0 Å². The molecule has 3 aromatic rings. The van der Waals surface area contributed by atoms with Crippen molar-refractivity contribution >= 4 is 17.6 Å². The molecule has 0 aliphatic carbocycles. The van der Waals surface area contributed by atoms with E-state index >= 15 is 0 Å². The molecule has 36 heavy (non-hydrogen) atoms. The van der Waals surface area contributed by atoms with Crippen molar-refractivity contribution in [2.75, 3.05) is 17.2 Å². The van der Waals surface area contributed by atoms with Gasteiger partial charge in [-0.2, -0.15) is 0 Å². The maximum Gasteiger partial charge on any atom is 0.250 e. The molecule has 1 aromatic carbocycles. The molecule has 2 N–H and O–H groups in total. The zero-order chi connectivity index (χ0) is 25.1. The van der Waals surface area contributed by atoms with E-state index in [0.717, 1.165) is 53.4 Å². The van der Waals surface area contributed by atoms with Crippen molar-refractivity contribution in [3.05, 3.63) is 52.9 Å². The van der Waals surface area contributed by atoms with Crippen LogP contribution in [0.3, 0.4) is 0 Å². The minimum absolute atomic E-state index is 0.0843. The molecule has 0 radical (unpaired) electrons. The number of hydrogen-bond donors (Lipinski definition) is 2. The summed E-state index contributed by atoms with van der Waals surface area (Å²) in [6.07, 6.45) is 7.56. The topological polar surface area (TPSA) is 83.3 Å². The van der Waals surface area contributed by atoms with Crippen LogP contribution < -0.4 is 15.8 Å². The molecule has 3 aliphatic heterocycles. The maximum absolute atomic E-state index is 12.0. The van der Waals surface area contributed by atoms with Gasteiger partial charge in [0, 0.05) is 48.5 Å². The number of nitrogens with one attached hydrogen (secondary N) is 1. The SMILES string of the molecule is Cn1ccc(-c2ccc(-c3cc4c(nn3)N([C@H]3C[C@]5(C)CC[C@](C)(C3)N5)CCCS4)c(O)c2)cc1=O. The molecule has 0 unspecified atom stereocenters. The number of thioether (sulfide) groups is 1. The van der Waals surface area contributed by atoms with Gasteiger partial charge in [-0.1, -0.05) is 6.07 Å². The van der Waals surface area contributed by atoms with E-state index in [1.54, 1.807) is 25.4 Å². The van der Waals surface area contributed by atoms with Crippen molar-refractivity contribution in [2.45, 2.75) is 68.0 Å². The highest BCUT2D eigenvalue weighted by Gasteiger charge is 2.50. The quantitative estimate of drug-likeness (QED) is 0.541. The average Bonchev–Trinajstić information content (AvgIpc) is 2.97. The molecule has 6 rings (SSSR count). The highest BCUT2D eigenvalue weighted by molar-refractivity contribution is 7.99. The monoisotopic (exact) mass is 503 g/mol. The Balaban J connectivity index is 1.31. The van der Waals surface area contributed by atoms with Crippen LogP contribution in [0, 0.1) is 0 Å². The highest BCUT2D eigenvalue weighted by Crippen LogP contribution is 2.46. The van der Waals surface area contributed by atoms with Gasteiger partial charge in [-0.25, -0.2) is 0 Å². The Morgan fingerprint density at radius 3 is 2.53 bits per heavy atom. The van der Waals surface area contributed by atoms with Crippen LogP contribution in [0.25, 0.3) is 22.4 Å². The van der Waals surface area contributed by atoms with Crippen molar-refractivity contribution in [1.82, 2.24) is 20.1 Å². The first-order valence-corrected chi connectivity index (χ1v) is 13.8. The molecular weight excluding hydrogens is 470 g/mol. The van der Waals surface area contributed by atoms with Crippen LogP contribution in [-0.4, -0.2) is 49.3 Å². The van der Waals surface area contributed by atoms with E-state index in [1.807, 2.05) is 30.0 Å². The third-order valence-corrected chi connectivity index (χ3v) is 9.27. The van der Waals surface area contributed by atoms with Crippen LogP contribution in [0.2, 0.25) is 0 Å². The third kappa shape index (κ3) is 4.20. The molecule has 0 saturated carbocycles. The molecular formula is C28H33N5O2S. The minimum atomic E-state index is -0.0843. The Morgan fingerprint density at radius 1 is 1.06 bits per heavy atom. The van der Waals surface area contributed by atoms with Gasteiger partial charge in [0.05, 0.1) is 10.6 Å². The van der Waals surface area contributed by atoms with E-state index in [4.69, 9.17) is 5.10 Å². The first-order valence-electron chi connectivity index (χ1n) is 12.8. The average molecular weight is 504 g/mol. The third-order valence-electron chi connectivity index (χ3n) is 8.17. The van der Waals surface area contributed by atoms with Gasteiger partial charge in [-0.15, -0.1) is 22.0 Å². The predicted molar refractivity (Wildman–Crippen MR) is 145 cm³/mol. The van der Waals surface area contributed by atoms with Crippen molar-refractivity contribution < 1.29 is 5.11 Å². The van der Waals surface area contributed by atoms with Gasteiger partial charge in [0.1, 0.15) is 5.75 Å². The number of anilines is 1. The molecule has 2 fully saturated rings. The molecule has 0 amide bonds. The Labute approximate surface area is 215 Å². The molecule has 2 bridgehead atoms. The summed E-state index contributed by atoms with van der Waals surface area (Å²) in [6, 6.07) is 11.5. The summed E-state index contributed by atoms with van der Waals surface area (Å²) in [4.78, 5) is 15.7. The van der Waals surface area contributed by atoms with Gasteiger partial charge in [0.2, 0.25) is 0 Å². The molecule has 7 nitrogen and oxygen atoms in total. The maximum atomic E-state index is 12.0. The normalized spacial score (nSPS) is 27.5. The zero-order valence-electron chi connectivity index (χ0n) is 21.1. The number of rotatable bonds is 3. The first kappa shape index (κ1) is 23.6. The molecule has 2 aromatic heterocycles. The summed E-state index contributed by atoms with van der Waals surface area (Å²) < 4.78 is 1.53. The van der Waals surface area contributed by atoms with E-state index in [-0.39, 0.29) is 22.4 Å². The van der Waals surface area contributed by atoms with Crippen molar-refractivity contribution in [3.63, 3.8) is 0 Å². The summed E-state index contributed by atoms with van der Waals surface area (Å²) in [5.74, 6) is 2.16. The number of fused-ring (bicyclic) bond motifs is 3. The van der Waals surface area contributed by atoms with Crippen molar-refractivity contribution in [1.29, 1.82) is 0 Å². The smallest absolute Gasteiger partial charge is 0.250 e. The fourth-order valence-corrected chi connectivity index (χ4v) is 7.36. The Hall–Kier alpha value is -2.84. The van der Waals surface area contributed by atoms with E-state index in [9.17, 15) is 9.90 Å². The van der Waals surface area contributed by atoms with Crippen molar-refractivity contribution in [2.24, 2.45) is 7.05 Å². The molecule has 5 heterocycles. The number of hydrogen-bond acceptors (Lipinski definition) is 7. The number of aromatic nitrogens is 3. The predicted octanol–water partition coefficient (Wildman–Crippen LogP) is 4.58. The van der Waals surface area contributed by atoms with Crippen LogP contribution in [0.5, 0.6) is 5.75 Å². The first-order chi connectivity index (χ1) is 17.2. The second-order valence-electron chi connectivity index (χ2n) is 11.2. The molecule has 188 valence electrons. The lowest BCUT2D eigenvalue weighted by Crippen LogP contribution is -2.59. The number of aromatic hydroxyl groups is 1. The zero-order valence-corrected chi connectivity index (χ0v) is 21.9. The van der Waals surface area contributed by atoms with Crippen molar-refractivity contribution in [3.8, 4) is 28.1 Å². The van der Waals surface area contributed by atoms with Gasteiger partial charge in [-0.05, 0) is 87.1 Å². The lowest BCUT2D eigenvalue weighted by Gasteiger charge is -2.46. The number of nitrogens with zero attached hydrogens (tertiary/aromatic N) is 4. The highest BCUT2D eigenvalue weighted by atomic mass is 32.2. The molecule has 3 aliphatic rings. The van der Waals surface area contributed by atoms with E-state index in [2.05, 4.69) is 35.2 Å². The number of piperidine rings is 1.